The Kier molecular flexibility index (Phi) is 19.7. The van der Waals surface area contributed by atoms with Crippen LogP contribution in [0.3, 0.4) is 0 Å². The Labute approximate surface area is 444 Å². The van der Waals surface area contributed by atoms with Crippen molar-refractivity contribution in [2.75, 3.05) is 27.4 Å². The van der Waals surface area contributed by atoms with Gasteiger partial charge in [-0.2, -0.15) is 5.09 Å². The molecule has 2 aromatic carbocycles. The maximum Gasteiger partial charge on any atom is 0.459 e. The van der Waals surface area contributed by atoms with Gasteiger partial charge in [0.15, 0.2) is 35.4 Å². The first-order chi connectivity index (χ1) is 36.2. The van der Waals surface area contributed by atoms with Crippen LogP contribution in [0.2, 0.25) is 0 Å². The number of nitrogens with zero attached hydrogens (tertiary/aromatic N) is 4. The van der Waals surface area contributed by atoms with Crippen LogP contribution in [0.5, 0.6) is 11.5 Å². The number of amides is 2. The number of carbonyl (C=O) groups excluding carboxylic acids is 4. The van der Waals surface area contributed by atoms with Gasteiger partial charge in [-0.3, -0.25) is 42.4 Å². The van der Waals surface area contributed by atoms with Crippen LogP contribution >= 0.6 is 25.9 Å². The maximum absolute atomic E-state index is 13.7. The standard InChI is InChI=1S/C23H29N4O10P.C13H17N3O6.C10H13ClNO4P/c1-13(22(30)32-4)26-38(31,37-14-8-6-5-7-9-14)33-12-15-17-18(36-23(2,3)35-17)21(34-15)27-11-10-25-16(19(24)28)20(27)29;1-13(2)21-8-6(5-17)20-12(9(8)22-13)16-4-3-15-7(10(14)18)11(16)19;1-8(10(13)15-2)12-17(11,14)16-9-6-4-3-5-7-9/h5-11,13,15,17-18,21H,12H2,1-4H3,(H2,24,28)(H,26,31);3-4,6,8-9,12,17H,5H2,1-2H3,(H2,14,18);3-8H,1-2H3,(H,12,14)/t13-,15+,17+,18+,21+,38?;6-,8-,9-,12-;8-,17?/m010/s1. The Balaban J connectivity index is 0.000000207. The molecule has 2 aromatic heterocycles. The average Bonchev–Trinajstić information content (AvgIpc) is 4.09. The van der Waals surface area contributed by atoms with Crippen molar-refractivity contribution in [1.29, 1.82) is 0 Å². The van der Waals surface area contributed by atoms with Crippen LogP contribution < -0.4 is 41.8 Å². The quantitative estimate of drug-likeness (QED) is 0.0705. The summed E-state index contributed by atoms with van der Waals surface area (Å²) in [5.41, 5.74) is 8.11. The van der Waals surface area contributed by atoms with Gasteiger partial charge in [-0.15, -0.1) is 0 Å². The van der Waals surface area contributed by atoms with E-state index in [1.165, 1.54) is 57.4 Å². The Morgan fingerprint density at radius 2 is 1.09 bits per heavy atom. The summed E-state index contributed by atoms with van der Waals surface area (Å²) >= 11 is 5.68. The minimum absolute atomic E-state index is 0.229. The molecule has 0 bridgehead atoms. The number of primary amides is 2. The van der Waals surface area contributed by atoms with Crippen LogP contribution in [0, 0.1) is 0 Å². The molecule has 0 spiro atoms. The third kappa shape index (κ3) is 15.2. The van der Waals surface area contributed by atoms with Gasteiger partial charge in [-0.25, -0.2) is 24.2 Å². The van der Waals surface area contributed by atoms with E-state index in [1.54, 1.807) is 88.4 Å². The van der Waals surface area contributed by atoms with Gasteiger partial charge in [0.05, 0.1) is 27.4 Å². The molecule has 31 heteroatoms. The van der Waals surface area contributed by atoms with E-state index in [0.717, 1.165) is 4.57 Å². The predicted molar refractivity (Wildman–Crippen MR) is 267 cm³/mol. The number of esters is 2. The van der Waals surface area contributed by atoms with Crippen molar-refractivity contribution in [3.8, 4) is 11.5 Å². The topological polar surface area (TPSA) is 370 Å². The van der Waals surface area contributed by atoms with Crippen molar-refractivity contribution < 1.29 is 84.9 Å². The zero-order chi connectivity index (χ0) is 56.6. The Morgan fingerprint density at radius 3 is 1.52 bits per heavy atom. The highest BCUT2D eigenvalue weighted by atomic mass is 35.7. The van der Waals surface area contributed by atoms with Crippen LogP contribution in [-0.4, -0.2) is 136 Å². The summed E-state index contributed by atoms with van der Waals surface area (Å²) < 4.78 is 88.6. The molecule has 2 unspecified atom stereocenters. The van der Waals surface area contributed by atoms with Crippen molar-refractivity contribution in [3.63, 3.8) is 0 Å². The summed E-state index contributed by atoms with van der Waals surface area (Å²) in [6.07, 6.45) is -0.820. The Hall–Kier alpha value is -5.97. The second-order valence-corrected chi connectivity index (χ2v) is 22.4. The molecule has 4 fully saturated rings. The number of aliphatic hydroxyl groups excluding tert-OH is 1. The number of methoxy groups -OCH3 is 2. The number of aromatic nitrogens is 4. The van der Waals surface area contributed by atoms with Crippen molar-refractivity contribution in [1.82, 2.24) is 29.3 Å². The zero-order valence-electron chi connectivity index (χ0n) is 42.7. The number of aliphatic hydroxyl groups is 1. The van der Waals surface area contributed by atoms with Crippen LogP contribution in [0.1, 0.15) is 75.0 Å². The molecular formula is C46H59ClN8O20P2. The van der Waals surface area contributed by atoms with Gasteiger partial charge in [-0.1, -0.05) is 36.4 Å². The SMILES string of the molecule is CC1(C)O[C@@H]2[C@H](O1)[C@@H](CO)O[C@H]2n1ccnc(C(N)=O)c1=O.COC(=O)[C@H](C)NP(=O)(Cl)Oc1ccccc1.COC(=O)[C@H](C)NP(=O)(OC[C@H]1O[C@@H](n2ccnc(C(N)=O)c2=O)[C@@H]2OC(C)(C)O[C@@H]21)Oc1ccccc1. The second kappa shape index (κ2) is 25.2. The first-order valence-corrected chi connectivity index (χ1v) is 27.4. The molecule has 0 aliphatic carbocycles. The number of benzene rings is 2. The number of ether oxygens (including phenoxy) is 8. The number of halogens is 1. The summed E-state index contributed by atoms with van der Waals surface area (Å²) in [7, 11) is -1.75. The molecule has 12 atom stereocenters. The second-order valence-electron chi connectivity index (χ2n) is 18.0. The minimum atomic E-state index is -4.17. The summed E-state index contributed by atoms with van der Waals surface area (Å²) in [6.45, 7) is 5.54. The molecular weight excluding hydrogens is 1080 g/mol. The number of nitrogens with one attached hydrogen (secondary N) is 2. The van der Waals surface area contributed by atoms with Crippen molar-refractivity contribution in [2.24, 2.45) is 11.5 Å². The lowest BCUT2D eigenvalue weighted by Crippen LogP contribution is -2.37. The molecule has 4 aliphatic heterocycles. The lowest BCUT2D eigenvalue weighted by Gasteiger charge is -2.26. The maximum atomic E-state index is 13.7. The van der Waals surface area contributed by atoms with Gasteiger partial charge in [-0.05, 0) is 65.8 Å². The fraction of sp³-hybridized carbons (Fsp3) is 0.478. The van der Waals surface area contributed by atoms with E-state index in [2.05, 4.69) is 24.9 Å². The lowest BCUT2D eigenvalue weighted by atomic mass is 10.1. The molecule has 0 saturated carbocycles. The van der Waals surface area contributed by atoms with Crippen LogP contribution in [0.15, 0.2) is 95.0 Å². The number of fused-ring (bicyclic) bond motifs is 2. The number of nitrogens with two attached hydrogens (primary N) is 2. The molecule has 7 N–H and O–H groups in total. The summed E-state index contributed by atoms with van der Waals surface area (Å²) in [6, 6.07) is 14.8. The molecule has 4 aromatic rings. The van der Waals surface area contributed by atoms with Crippen LogP contribution in [-0.2, 0) is 61.1 Å². The number of hydrogen-bond acceptors (Lipinski definition) is 22. The largest absolute Gasteiger partial charge is 0.468 e. The molecule has 6 heterocycles. The van der Waals surface area contributed by atoms with E-state index in [-0.39, 0.29) is 24.7 Å². The molecule has 77 heavy (non-hydrogen) atoms. The molecule has 8 rings (SSSR count). The molecule has 4 saturated heterocycles. The minimum Gasteiger partial charge on any atom is -0.468 e. The number of hydrogen-bond donors (Lipinski definition) is 5. The monoisotopic (exact) mass is 1140 g/mol. The van der Waals surface area contributed by atoms with Crippen LogP contribution in [0.4, 0.5) is 0 Å². The highest BCUT2D eigenvalue weighted by molar-refractivity contribution is 7.84. The normalized spacial score (nSPS) is 25.8. The molecule has 2 amide bonds. The van der Waals surface area contributed by atoms with Crippen molar-refractivity contribution >= 4 is 49.6 Å². The van der Waals surface area contributed by atoms with E-state index < -0.39 is 128 Å². The summed E-state index contributed by atoms with van der Waals surface area (Å²) in [5.74, 6) is -4.47. The number of carbonyl (C=O) groups is 4. The lowest BCUT2D eigenvalue weighted by molar-refractivity contribution is -0.200. The summed E-state index contributed by atoms with van der Waals surface area (Å²) in [4.78, 5) is 78.6. The first-order valence-electron chi connectivity index (χ1n) is 23.3. The fourth-order valence-electron chi connectivity index (χ4n) is 8.09. The van der Waals surface area contributed by atoms with Gasteiger partial charge in [0.25, 0.3) is 22.9 Å². The van der Waals surface area contributed by atoms with E-state index in [0.29, 0.717) is 5.75 Å². The van der Waals surface area contributed by atoms with Crippen molar-refractivity contribution in [2.45, 2.75) is 114 Å². The zero-order valence-corrected chi connectivity index (χ0v) is 45.2. The highest BCUT2D eigenvalue weighted by Gasteiger charge is 2.58. The van der Waals surface area contributed by atoms with E-state index in [9.17, 15) is 43.0 Å². The fourth-order valence-corrected chi connectivity index (χ4v) is 11.3. The molecule has 420 valence electrons. The van der Waals surface area contributed by atoms with Crippen LogP contribution in [0.25, 0.3) is 0 Å². The van der Waals surface area contributed by atoms with Gasteiger partial charge in [0.1, 0.15) is 60.2 Å². The Morgan fingerprint density at radius 1 is 0.688 bits per heavy atom. The first kappa shape index (κ1) is 60.3. The smallest absolute Gasteiger partial charge is 0.459 e. The molecule has 4 aliphatic rings. The van der Waals surface area contributed by atoms with Gasteiger partial charge < -0.3 is 63.5 Å². The number of rotatable bonds is 18. The van der Waals surface area contributed by atoms with E-state index in [1.807, 2.05) is 0 Å². The average molecular weight is 1140 g/mol. The Bertz CT molecular complexity index is 2960. The summed E-state index contributed by atoms with van der Waals surface area (Å²) in [5, 5.41) is 14.4. The van der Waals surface area contributed by atoms with Crippen molar-refractivity contribution in [3.05, 3.63) is 118 Å². The molecule has 0 radical (unpaired) electrons. The van der Waals surface area contributed by atoms with Gasteiger partial charge in [0, 0.05) is 36.0 Å². The third-order valence-electron chi connectivity index (χ3n) is 11.3. The van der Waals surface area contributed by atoms with E-state index in [4.69, 9.17) is 69.4 Å². The van der Waals surface area contributed by atoms with Gasteiger partial charge in [0.2, 0.25) is 0 Å². The van der Waals surface area contributed by atoms with Gasteiger partial charge >= 0.3 is 26.6 Å². The van der Waals surface area contributed by atoms with E-state index >= 15 is 0 Å². The molecule has 28 nitrogen and oxygen atoms in total. The number of para-hydroxylation sites is 2. The highest BCUT2D eigenvalue weighted by Crippen LogP contribution is 2.50. The predicted octanol–water partition coefficient (Wildman–Crippen LogP) is 2.43. The third-order valence-corrected chi connectivity index (χ3v) is 14.6.